The number of aryl methyl sites for hydroxylation is 1. The molecule has 0 aliphatic carbocycles. The average Bonchev–Trinajstić information content (AvgIpc) is 3.54. The van der Waals surface area contributed by atoms with Crippen LogP contribution in [0.4, 0.5) is 5.13 Å². The lowest BCUT2D eigenvalue weighted by Crippen LogP contribution is -2.29. The van der Waals surface area contributed by atoms with Crippen LogP contribution in [0.25, 0.3) is 5.76 Å². The van der Waals surface area contributed by atoms with Gasteiger partial charge in [-0.05, 0) is 55.3 Å². The summed E-state index contributed by atoms with van der Waals surface area (Å²) in [6.45, 7) is 7.11. The monoisotopic (exact) mass is 550 g/mol. The van der Waals surface area contributed by atoms with Crippen LogP contribution in [-0.4, -0.2) is 40.5 Å². The summed E-state index contributed by atoms with van der Waals surface area (Å²) in [5.74, 6) is -1.97. The predicted octanol–water partition coefficient (Wildman–Crippen LogP) is 5.40. The lowest BCUT2D eigenvalue weighted by Gasteiger charge is -2.23. The number of aliphatic hydroxyl groups is 1. The van der Waals surface area contributed by atoms with E-state index in [1.165, 1.54) is 11.0 Å². The number of rotatable bonds is 6. The van der Waals surface area contributed by atoms with Gasteiger partial charge in [-0.3, -0.25) is 14.5 Å². The third kappa shape index (κ3) is 4.48. The minimum atomic E-state index is -1.03. The zero-order chi connectivity index (χ0) is 27.1. The third-order valence-corrected chi connectivity index (χ3v) is 7.66. The molecule has 38 heavy (non-hydrogen) atoms. The number of carbonyl (C=O) groups is 3. The molecule has 1 N–H and O–H groups in total. The number of carbonyl (C=O) groups excluding carboxylic acids is 3. The molecule has 2 atom stereocenters. The van der Waals surface area contributed by atoms with Gasteiger partial charge in [-0.25, -0.2) is 9.78 Å². The molecule has 194 valence electrons. The van der Waals surface area contributed by atoms with Gasteiger partial charge in [0.25, 0.3) is 5.78 Å². The molecule has 2 aliphatic heterocycles. The first kappa shape index (κ1) is 25.7. The number of nitrogens with zero attached hydrogens (tertiary/aromatic N) is 2. The maximum Gasteiger partial charge on any atom is 0.350 e. The number of fused-ring (bicyclic) bond motifs is 1. The molecule has 1 amide bonds. The molecule has 3 heterocycles. The second kappa shape index (κ2) is 10.1. The molecule has 8 nitrogen and oxygen atoms in total. The molecule has 2 aromatic carbocycles. The number of ether oxygens (including phenoxy) is 2. The van der Waals surface area contributed by atoms with Crippen LogP contribution in [0.2, 0.25) is 5.02 Å². The summed E-state index contributed by atoms with van der Waals surface area (Å²) >= 11 is 7.20. The number of aliphatic hydroxyl groups excluding tert-OH is 1. The lowest BCUT2D eigenvalue weighted by atomic mass is 9.94. The molecule has 2 aliphatic rings. The van der Waals surface area contributed by atoms with Crippen LogP contribution in [0.1, 0.15) is 45.0 Å². The molecule has 1 saturated heterocycles. The molecule has 0 unspecified atom stereocenters. The highest BCUT2D eigenvalue weighted by Crippen LogP contribution is 2.45. The Morgan fingerprint density at radius 2 is 2.11 bits per heavy atom. The Kier molecular flexibility index (Phi) is 6.81. The summed E-state index contributed by atoms with van der Waals surface area (Å²) in [7, 11) is 0. The van der Waals surface area contributed by atoms with Crippen molar-refractivity contribution in [3.05, 3.63) is 93.0 Å². The van der Waals surface area contributed by atoms with Gasteiger partial charge in [0.15, 0.2) is 5.13 Å². The highest BCUT2D eigenvalue weighted by molar-refractivity contribution is 7.17. The van der Waals surface area contributed by atoms with Crippen LogP contribution in [0, 0.1) is 6.92 Å². The van der Waals surface area contributed by atoms with Crippen molar-refractivity contribution in [2.75, 3.05) is 11.5 Å². The first-order chi connectivity index (χ1) is 18.2. The van der Waals surface area contributed by atoms with Gasteiger partial charge in [-0.1, -0.05) is 47.7 Å². The second-order valence-electron chi connectivity index (χ2n) is 8.98. The SMILES string of the molecule is C=CCOC(=O)c1sc(N2C(=O)C(=O)/C(=C(/O)c3ccc4c(c3)C[C@H](C)O4)[C@@H]2c2cccc(Cl)c2)nc1C. The van der Waals surface area contributed by atoms with Crippen LogP contribution in [0.5, 0.6) is 5.75 Å². The molecule has 0 bridgehead atoms. The van der Waals surface area contributed by atoms with E-state index in [4.69, 9.17) is 21.1 Å². The van der Waals surface area contributed by atoms with Crippen LogP contribution in [0.3, 0.4) is 0 Å². The van der Waals surface area contributed by atoms with E-state index in [-0.39, 0.29) is 34.1 Å². The number of anilines is 1. The number of ketones is 1. The Morgan fingerprint density at radius 1 is 1.32 bits per heavy atom. The quantitative estimate of drug-likeness (QED) is 0.144. The van der Waals surface area contributed by atoms with Gasteiger partial charge in [0.2, 0.25) is 0 Å². The summed E-state index contributed by atoms with van der Waals surface area (Å²) in [5, 5.41) is 11.9. The van der Waals surface area contributed by atoms with Gasteiger partial charge >= 0.3 is 11.9 Å². The Hall–Kier alpha value is -3.95. The van der Waals surface area contributed by atoms with Crippen molar-refractivity contribution < 1.29 is 29.0 Å². The topological polar surface area (TPSA) is 106 Å². The maximum absolute atomic E-state index is 13.4. The number of hydrogen-bond acceptors (Lipinski definition) is 8. The fourth-order valence-corrected chi connectivity index (χ4v) is 5.81. The van der Waals surface area contributed by atoms with Gasteiger partial charge in [0, 0.05) is 17.0 Å². The Labute approximate surface area is 227 Å². The molecular weight excluding hydrogens is 528 g/mol. The summed E-state index contributed by atoms with van der Waals surface area (Å²) in [4.78, 5) is 45.2. The molecule has 1 aromatic heterocycles. The standard InChI is InChI=1S/C28H23ClN2O6S/c1-4-10-36-27(35)25-15(3)30-28(38-25)31-22(16-6-5-7-19(29)13-16)21(24(33)26(31)34)23(32)17-8-9-20-18(12-17)11-14(2)37-20/h4-9,12-14,22,32H,1,10-11H2,2-3H3/b23-21+/t14-,22-/m0/s1. The van der Waals surface area contributed by atoms with Crippen molar-refractivity contribution in [1.29, 1.82) is 0 Å². The number of Topliss-reactive ketones (excluding diaryl/α,β-unsaturated/α-hetero) is 1. The zero-order valence-corrected chi connectivity index (χ0v) is 22.1. The minimum Gasteiger partial charge on any atom is -0.507 e. The van der Waals surface area contributed by atoms with Crippen LogP contribution >= 0.6 is 22.9 Å². The van der Waals surface area contributed by atoms with E-state index in [0.29, 0.717) is 28.3 Å². The summed E-state index contributed by atoms with van der Waals surface area (Å²) < 4.78 is 10.9. The molecule has 0 saturated carbocycles. The molecule has 10 heteroatoms. The van der Waals surface area contributed by atoms with E-state index >= 15 is 0 Å². The summed E-state index contributed by atoms with van der Waals surface area (Å²) in [6, 6.07) is 10.8. The number of halogens is 1. The number of esters is 1. The van der Waals surface area contributed by atoms with Crippen LogP contribution in [0.15, 0.2) is 60.7 Å². The lowest BCUT2D eigenvalue weighted by molar-refractivity contribution is -0.132. The van der Waals surface area contributed by atoms with Crippen molar-refractivity contribution in [2.24, 2.45) is 0 Å². The van der Waals surface area contributed by atoms with Crippen molar-refractivity contribution in [3.8, 4) is 5.75 Å². The van der Waals surface area contributed by atoms with Gasteiger partial charge in [-0.15, -0.1) is 0 Å². The number of aromatic nitrogens is 1. The van der Waals surface area contributed by atoms with Crippen molar-refractivity contribution in [1.82, 2.24) is 4.98 Å². The van der Waals surface area contributed by atoms with Crippen LogP contribution in [-0.2, 0) is 20.7 Å². The van der Waals surface area contributed by atoms with Gasteiger partial charge in [0.1, 0.15) is 29.1 Å². The highest BCUT2D eigenvalue weighted by atomic mass is 35.5. The Morgan fingerprint density at radius 3 is 2.84 bits per heavy atom. The third-order valence-electron chi connectivity index (χ3n) is 6.29. The van der Waals surface area contributed by atoms with Crippen molar-refractivity contribution in [3.63, 3.8) is 0 Å². The van der Waals surface area contributed by atoms with Gasteiger partial charge < -0.3 is 14.6 Å². The Balaban J connectivity index is 1.65. The maximum atomic E-state index is 13.4. The largest absolute Gasteiger partial charge is 0.507 e. The number of benzene rings is 2. The fraction of sp³-hybridized carbons (Fsp3) is 0.214. The summed E-state index contributed by atoms with van der Waals surface area (Å²) in [6.07, 6.45) is 2.10. The smallest absolute Gasteiger partial charge is 0.350 e. The van der Waals surface area contributed by atoms with Crippen molar-refractivity contribution >= 4 is 51.5 Å². The Bertz CT molecular complexity index is 1530. The van der Waals surface area contributed by atoms with E-state index in [9.17, 15) is 19.5 Å². The molecular formula is C28H23ClN2O6S. The van der Waals surface area contributed by atoms with Gasteiger partial charge in [-0.2, -0.15) is 0 Å². The molecule has 0 radical (unpaired) electrons. The van der Waals surface area contributed by atoms with E-state index in [0.717, 1.165) is 22.6 Å². The molecule has 3 aromatic rings. The van der Waals surface area contributed by atoms with Gasteiger partial charge in [0.05, 0.1) is 17.3 Å². The molecule has 5 rings (SSSR count). The minimum absolute atomic E-state index is 0.0000508. The van der Waals surface area contributed by atoms with E-state index in [2.05, 4.69) is 11.6 Å². The van der Waals surface area contributed by atoms with Crippen LogP contribution < -0.4 is 9.64 Å². The average molecular weight is 551 g/mol. The molecule has 1 fully saturated rings. The molecule has 0 spiro atoms. The predicted molar refractivity (Wildman–Crippen MR) is 144 cm³/mol. The number of thiazole rings is 1. The van der Waals surface area contributed by atoms with E-state index in [1.807, 2.05) is 6.92 Å². The van der Waals surface area contributed by atoms with E-state index in [1.54, 1.807) is 49.4 Å². The fourth-order valence-electron chi connectivity index (χ4n) is 4.62. The zero-order valence-electron chi connectivity index (χ0n) is 20.6. The normalized spacial score (nSPS) is 19.8. The van der Waals surface area contributed by atoms with Crippen molar-refractivity contribution in [2.45, 2.75) is 32.4 Å². The number of amides is 1. The van der Waals surface area contributed by atoms with E-state index < -0.39 is 23.7 Å². The number of hydrogen-bond donors (Lipinski definition) is 1. The second-order valence-corrected chi connectivity index (χ2v) is 10.4. The summed E-state index contributed by atoms with van der Waals surface area (Å²) in [5.41, 5.74) is 2.02. The highest BCUT2D eigenvalue weighted by Gasteiger charge is 2.48. The first-order valence-electron chi connectivity index (χ1n) is 11.8. The first-order valence-corrected chi connectivity index (χ1v) is 13.0.